The van der Waals surface area contributed by atoms with Gasteiger partial charge < -0.3 is 20.3 Å². The number of benzene rings is 1. The van der Waals surface area contributed by atoms with Crippen LogP contribution in [0.4, 0.5) is 11.9 Å². The van der Waals surface area contributed by atoms with Gasteiger partial charge in [0.15, 0.2) is 5.82 Å². The topological polar surface area (TPSA) is 115 Å². The van der Waals surface area contributed by atoms with Crippen molar-refractivity contribution in [3.05, 3.63) is 30.3 Å². The Bertz CT molecular complexity index is 575. The lowest BCUT2D eigenvalue weighted by Gasteiger charge is -2.24. The highest BCUT2D eigenvalue weighted by Gasteiger charge is 2.27. The molecule has 0 aliphatic rings. The molecule has 2 rings (SSSR count). The summed E-state index contributed by atoms with van der Waals surface area (Å²) in [5.41, 5.74) is 6.40. The molecule has 20 heavy (non-hydrogen) atoms. The van der Waals surface area contributed by atoms with Gasteiger partial charge in [-0.25, -0.2) is 0 Å². The first-order valence-corrected chi connectivity index (χ1v) is 5.74. The molecule has 8 nitrogen and oxygen atoms in total. The van der Waals surface area contributed by atoms with E-state index >= 15 is 0 Å². The summed E-state index contributed by atoms with van der Waals surface area (Å²) in [4.78, 5) is 12.1. The van der Waals surface area contributed by atoms with Gasteiger partial charge in [-0.3, -0.25) is 5.32 Å². The Hall–Kier alpha value is -2.29. The first kappa shape index (κ1) is 14.1. The van der Waals surface area contributed by atoms with Crippen LogP contribution in [0.2, 0.25) is 0 Å². The first-order chi connectivity index (χ1) is 9.56. The lowest BCUT2D eigenvalue weighted by Crippen LogP contribution is -2.42. The number of nitrogens with one attached hydrogen (secondary N) is 1. The number of rotatable bonds is 5. The third-order valence-corrected chi connectivity index (χ3v) is 2.51. The van der Waals surface area contributed by atoms with Gasteiger partial charge in [0.05, 0.1) is 0 Å². The third-order valence-electron chi connectivity index (χ3n) is 2.51. The lowest BCUT2D eigenvalue weighted by molar-refractivity contribution is -0.319. The number of ether oxygens (including phenoxy) is 2. The molecule has 4 N–H and O–H groups in total. The van der Waals surface area contributed by atoms with Gasteiger partial charge in [0.25, 0.3) is 0 Å². The van der Waals surface area contributed by atoms with Crippen molar-refractivity contribution < 1.29 is 14.6 Å². The van der Waals surface area contributed by atoms with Crippen LogP contribution in [0.25, 0.3) is 11.4 Å². The number of methoxy groups -OCH3 is 2. The van der Waals surface area contributed by atoms with Crippen LogP contribution < -0.4 is 11.1 Å². The molecule has 0 saturated carbocycles. The summed E-state index contributed by atoms with van der Waals surface area (Å²) >= 11 is 0. The second-order valence-corrected chi connectivity index (χ2v) is 3.82. The second kappa shape index (κ2) is 5.78. The Balaban J connectivity index is 2.35. The number of hydrogen-bond acceptors (Lipinski definition) is 8. The molecule has 0 amide bonds. The molecule has 1 heterocycles. The SMILES string of the molecule is COC(O)(Nc1nc(N)nc(-c2ccccc2)n1)OC. The fraction of sp³-hybridized carbons (Fsp3) is 0.250. The van der Waals surface area contributed by atoms with Crippen LogP contribution in [-0.2, 0) is 9.47 Å². The highest BCUT2D eigenvalue weighted by atomic mass is 16.8. The van der Waals surface area contributed by atoms with E-state index in [1.54, 1.807) is 0 Å². The smallest absolute Gasteiger partial charge is 0.368 e. The molecule has 0 aliphatic carbocycles. The van der Waals surface area contributed by atoms with Crippen molar-refractivity contribution in [1.29, 1.82) is 0 Å². The molecule has 0 atom stereocenters. The minimum absolute atomic E-state index is 0.0101. The molecule has 0 radical (unpaired) electrons. The largest absolute Gasteiger partial charge is 0.374 e. The number of nitrogen functional groups attached to an aromatic ring is 1. The Morgan fingerprint density at radius 3 is 2.35 bits per heavy atom. The molecular formula is C12H15N5O3. The van der Waals surface area contributed by atoms with Gasteiger partial charge >= 0.3 is 6.10 Å². The average Bonchev–Trinajstić information content (AvgIpc) is 2.47. The maximum Gasteiger partial charge on any atom is 0.374 e. The zero-order valence-corrected chi connectivity index (χ0v) is 11.1. The predicted octanol–water partition coefficient (Wildman–Crippen LogP) is 0.429. The Morgan fingerprint density at radius 2 is 1.75 bits per heavy atom. The van der Waals surface area contributed by atoms with Crippen molar-refractivity contribution in [2.75, 3.05) is 25.3 Å². The molecule has 1 aromatic heterocycles. The van der Waals surface area contributed by atoms with E-state index in [1.165, 1.54) is 14.2 Å². The summed E-state index contributed by atoms with van der Waals surface area (Å²) in [6, 6.07) is 9.24. The minimum Gasteiger partial charge on any atom is -0.368 e. The molecule has 0 saturated heterocycles. The quantitative estimate of drug-likeness (QED) is 0.674. The van der Waals surface area contributed by atoms with Crippen molar-refractivity contribution >= 4 is 11.9 Å². The molecule has 2 aromatic rings. The number of nitrogens with two attached hydrogens (primary N) is 1. The van der Waals surface area contributed by atoms with Gasteiger partial charge in [-0.15, -0.1) is 0 Å². The van der Waals surface area contributed by atoms with E-state index in [0.29, 0.717) is 5.82 Å². The molecule has 106 valence electrons. The lowest BCUT2D eigenvalue weighted by atomic mass is 10.2. The fourth-order valence-corrected chi connectivity index (χ4v) is 1.49. The van der Waals surface area contributed by atoms with Crippen LogP contribution in [0.15, 0.2) is 30.3 Å². The molecule has 0 unspecified atom stereocenters. The van der Waals surface area contributed by atoms with E-state index in [9.17, 15) is 5.11 Å². The first-order valence-electron chi connectivity index (χ1n) is 5.74. The molecular weight excluding hydrogens is 262 g/mol. The van der Waals surface area contributed by atoms with Crippen molar-refractivity contribution in [2.24, 2.45) is 0 Å². The van der Waals surface area contributed by atoms with E-state index in [4.69, 9.17) is 15.2 Å². The summed E-state index contributed by atoms with van der Waals surface area (Å²) in [5.74, 6) is 0.411. The fourth-order valence-electron chi connectivity index (χ4n) is 1.49. The molecule has 1 aromatic carbocycles. The zero-order valence-electron chi connectivity index (χ0n) is 11.1. The number of nitrogens with zero attached hydrogens (tertiary/aromatic N) is 3. The highest BCUT2D eigenvalue weighted by Crippen LogP contribution is 2.18. The van der Waals surface area contributed by atoms with Crippen LogP contribution >= 0.6 is 0 Å². The second-order valence-electron chi connectivity index (χ2n) is 3.82. The van der Waals surface area contributed by atoms with Gasteiger partial charge in [0.1, 0.15) is 0 Å². The zero-order chi connectivity index (χ0) is 14.6. The normalized spacial score (nSPS) is 11.3. The Kier molecular flexibility index (Phi) is 4.08. The van der Waals surface area contributed by atoms with Crippen LogP contribution in [0.3, 0.4) is 0 Å². The van der Waals surface area contributed by atoms with Gasteiger partial charge in [-0.05, 0) is 0 Å². The van der Waals surface area contributed by atoms with Crippen molar-refractivity contribution in [1.82, 2.24) is 15.0 Å². The van der Waals surface area contributed by atoms with E-state index in [2.05, 4.69) is 20.3 Å². The Morgan fingerprint density at radius 1 is 1.10 bits per heavy atom. The van der Waals surface area contributed by atoms with Crippen LogP contribution in [0.1, 0.15) is 0 Å². The Labute approximate surface area is 115 Å². The van der Waals surface area contributed by atoms with E-state index in [-0.39, 0.29) is 11.9 Å². The monoisotopic (exact) mass is 277 g/mol. The van der Waals surface area contributed by atoms with Crippen molar-refractivity contribution in [3.8, 4) is 11.4 Å². The predicted molar refractivity (Wildman–Crippen MR) is 72.3 cm³/mol. The standard InChI is InChI=1S/C12H15N5O3/c1-19-12(18,20-2)17-11-15-9(14-10(13)16-11)8-6-4-3-5-7-8/h3-7,18H,1-2H3,(H3,13,14,15,16,17). The number of aromatic nitrogens is 3. The minimum atomic E-state index is -2.04. The van der Waals surface area contributed by atoms with Crippen LogP contribution in [0, 0.1) is 0 Å². The van der Waals surface area contributed by atoms with E-state index < -0.39 is 6.10 Å². The van der Waals surface area contributed by atoms with E-state index in [0.717, 1.165) is 5.56 Å². The summed E-state index contributed by atoms with van der Waals surface area (Å²) < 4.78 is 9.51. The van der Waals surface area contributed by atoms with Crippen LogP contribution in [0.5, 0.6) is 0 Å². The summed E-state index contributed by atoms with van der Waals surface area (Å²) in [6.45, 7) is 0. The summed E-state index contributed by atoms with van der Waals surface area (Å²) in [7, 11) is 2.53. The molecule has 0 spiro atoms. The summed E-state index contributed by atoms with van der Waals surface area (Å²) in [5, 5.41) is 12.3. The summed E-state index contributed by atoms with van der Waals surface area (Å²) in [6.07, 6.45) is -2.04. The van der Waals surface area contributed by atoms with E-state index in [1.807, 2.05) is 30.3 Å². The number of anilines is 2. The maximum absolute atomic E-state index is 9.84. The van der Waals surface area contributed by atoms with Gasteiger partial charge in [-0.1, -0.05) is 30.3 Å². The van der Waals surface area contributed by atoms with Gasteiger partial charge in [0, 0.05) is 19.8 Å². The average molecular weight is 277 g/mol. The van der Waals surface area contributed by atoms with Crippen molar-refractivity contribution in [3.63, 3.8) is 0 Å². The molecule has 0 aliphatic heterocycles. The van der Waals surface area contributed by atoms with Crippen LogP contribution in [-0.4, -0.2) is 40.4 Å². The van der Waals surface area contributed by atoms with Gasteiger partial charge in [0.2, 0.25) is 11.9 Å². The van der Waals surface area contributed by atoms with Crippen molar-refractivity contribution in [2.45, 2.75) is 6.10 Å². The third kappa shape index (κ3) is 3.18. The van der Waals surface area contributed by atoms with Gasteiger partial charge in [-0.2, -0.15) is 15.0 Å². The molecule has 0 bridgehead atoms. The number of hydrogen-bond donors (Lipinski definition) is 3. The maximum atomic E-state index is 9.84. The number of aliphatic hydroxyl groups is 1. The highest BCUT2D eigenvalue weighted by molar-refractivity contribution is 5.57. The molecule has 0 fully saturated rings. The molecule has 8 heteroatoms.